The van der Waals surface area contributed by atoms with Gasteiger partial charge in [-0.05, 0) is 35.4 Å². The normalized spacial score (nSPS) is 13.5. The van der Waals surface area contributed by atoms with E-state index in [-0.39, 0.29) is 18.6 Å². The SMILES string of the molecule is O=C(O)c1ccc(SCC(O)CC(O)c2ccc(CO)cc2)cc1. The van der Waals surface area contributed by atoms with Gasteiger partial charge >= 0.3 is 5.97 Å². The zero-order valence-corrected chi connectivity index (χ0v) is 13.8. The summed E-state index contributed by atoms with van der Waals surface area (Å²) in [4.78, 5) is 11.6. The summed E-state index contributed by atoms with van der Waals surface area (Å²) in [6.45, 7) is -0.0453. The average Bonchev–Trinajstić information content (AvgIpc) is 2.60. The molecule has 2 aromatic rings. The van der Waals surface area contributed by atoms with E-state index in [2.05, 4.69) is 0 Å². The fourth-order valence-electron chi connectivity index (χ4n) is 2.19. The Balaban J connectivity index is 1.83. The van der Waals surface area contributed by atoms with E-state index in [9.17, 15) is 15.0 Å². The number of aliphatic hydroxyl groups excluding tert-OH is 3. The van der Waals surface area contributed by atoms with Crippen molar-refractivity contribution in [3.63, 3.8) is 0 Å². The zero-order chi connectivity index (χ0) is 17.5. The molecule has 2 atom stereocenters. The first-order chi connectivity index (χ1) is 11.5. The second-order valence-corrected chi connectivity index (χ2v) is 6.54. The summed E-state index contributed by atoms with van der Waals surface area (Å²) in [5.41, 5.74) is 1.69. The third-order valence-electron chi connectivity index (χ3n) is 3.59. The fraction of sp³-hybridized carbons (Fsp3) is 0.278. The molecule has 2 rings (SSSR count). The van der Waals surface area contributed by atoms with Crippen molar-refractivity contribution < 1.29 is 25.2 Å². The molecule has 24 heavy (non-hydrogen) atoms. The fourth-order valence-corrected chi connectivity index (χ4v) is 3.04. The molecule has 0 bridgehead atoms. The molecule has 0 radical (unpaired) electrons. The van der Waals surface area contributed by atoms with Crippen molar-refractivity contribution in [2.75, 3.05) is 5.75 Å². The molecule has 0 saturated heterocycles. The number of hydrogen-bond donors (Lipinski definition) is 4. The minimum atomic E-state index is -0.970. The Bertz CT molecular complexity index is 654. The second-order valence-electron chi connectivity index (χ2n) is 5.45. The molecule has 0 aliphatic heterocycles. The van der Waals surface area contributed by atoms with Crippen LogP contribution < -0.4 is 0 Å². The van der Waals surface area contributed by atoms with E-state index in [0.717, 1.165) is 10.5 Å². The van der Waals surface area contributed by atoms with Gasteiger partial charge in [0, 0.05) is 17.1 Å². The quantitative estimate of drug-likeness (QED) is 0.547. The lowest BCUT2D eigenvalue weighted by Crippen LogP contribution is -2.15. The van der Waals surface area contributed by atoms with Gasteiger partial charge in [-0.25, -0.2) is 4.79 Å². The van der Waals surface area contributed by atoms with Crippen LogP contribution in [0.15, 0.2) is 53.4 Å². The highest BCUT2D eigenvalue weighted by Gasteiger charge is 2.14. The summed E-state index contributed by atoms with van der Waals surface area (Å²) in [6.07, 6.45) is -1.26. The number of aliphatic hydroxyl groups is 3. The van der Waals surface area contributed by atoms with Gasteiger partial charge in [0.1, 0.15) is 0 Å². The molecule has 0 aromatic heterocycles. The number of thioether (sulfide) groups is 1. The maximum Gasteiger partial charge on any atom is 0.335 e. The Hall–Kier alpha value is -1.86. The van der Waals surface area contributed by atoms with Gasteiger partial charge in [-0.3, -0.25) is 0 Å². The first kappa shape index (κ1) is 18.5. The number of carboxylic acids is 1. The van der Waals surface area contributed by atoms with Crippen LogP contribution in [0.5, 0.6) is 0 Å². The maximum absolute atomic E-state index is 10.8. The predicted molar refractivity (Wildman–Crippen MR) is 92.1 cm³/mol. The maximum atomic E-state index is 10.8. The molecule has 128 valence electrons. The van der Waals surface area contributed by atoms with E-state index in [0.29, 0.717) is 11.3 Å². The lowest BCUT2D eigenvalue weighted by Gasteiger charge is -2.16. The topological polar surface area (TPSA) is 98.0 Å². The number of carbonyl (C=O) groups is 1. The van der Waals surface area contributed by atoms with Crippen LogP contribution in [0.1, 0.15) is 34.0 Å². The number of benzene rings is 2. The lowest BCUT2D eigenvalue weighted by molar-refractivity contribution is 0.0696. The Morgan fingerprint density at radius 3 is 2.17 bits per heavy atom. The van der Waals surface area contributed by atoms with Crippen LogP contribution in [-0.2, 0) is 6.61 Å². The Labute approximate surface area is 144 Å². The third-order valence-corrected chi connectivity index (χ3v) is 4.74. The summed E-state index contributed by atoms with van der Waals surface area (Å²) in [7, 11) is 0. The van der Waals surface area contributed by atoms with Crippen LogP contribution in [0.2, 0.25) is 0 Å². The number of rotatable bonds is 8. The number of hydrogen-bond acceptors (Lipinski definition) is 5. The lowest BCUT2D eigenvalue weighted by atomic mass is 10.0. The van der Waals surface area contributed by atoms with Crippen LogP contribution in [0, 0.1) is 0 Å². The molecule has 0 saturated carbocycles. The van der Waals surface area contributed by atoms with Gasteiger partial charge in [0.15, 0.2) is 0 Å². The monoisotopic (exact) mass is 348 g/mol. The van der Waals surface area contributed by atoms with Crippen molar-refractivity contribution in [2.45, 2.75) is 30.1 Å². The van der Waals surface area contributed by atoms with Gasteiger partial charge in [0.05, 0.1) is 24.4 Å². The van der Waals surface area contributed by atoms with Crippen molar-refractivity contribution >= 4 is 17.7 Å². The van der Waals surface area contributed by atoms with Crippen molar-refractivity contribution in [3.8, 4) is 0 Å². The van der Waals surface area contributed by atoms with Crippen LogP contribution >= 0.6 is 11.8 Å². The molecular weight excluding hydrogens is 328 g/mol. The smallest absolute Gasteiger partial charge is 0.335 e. The Kier molecular flexibility index (Phi) is 6.81. The first-order valence-electron chi connectivity index (χ1n) is 7.51. The van der Waals surface area contributed by atoms with Crippen molar-refractivity contribution in [3.05, 3.63) is 65.2 Å². The minimum Gasteiger partial charge on any atom is -0.478 e. The van der Waals surface area contributed by atoms with Gasteiger partial charge in [-0.2, -0.15) is 0 Å². The van der Waals surface area contributed by atoms with E-state index in [1.807, 2.05) is 0 Å². The second kappa shape index (κ2) is 8.84. The average molecular weight is 348 g/mol. The summed E-state index contributed by atoms with van der Waals surface area (Å²) >= 11 is 1.41. The Morgan fingerprint density at radius 1 is 1.00 bits per heavy atom. The van der Waals surface area contributed by atoms with Crippen LogP contribution in [0.4, 0.5) is 0 Å². The zero-order valence-electron chi connectivity index (χ0n) is 13.0. The molecule has 0 amide bonds. The highest BCUT2D eigenvalue weighted by atomic mass is 32.2. The van der Waals surface area contributed by atoms with Gasteiger partial charge in [-0.15, -0.1) is 11.8 Å². The summed E-state index contributed by atoms with van der Waals surface area (Å²) in [6, 6.07) is 13.4. The third kappa shape index (κ3) is 5.35. The number of aromatic carboxylic acids is 1. The molecule has 0 aliphatic carbocycles. The standard InChI is InChI=1S/C18H20O5S/c19-10-12-1-3-13(4-2-12)17(21)9-15(20)11-24-16-7-5-14(6-8-16)18(22)23/h1-8,15,17,19-21H,9-11H2,(H,22,23). The van der Waals surface area contributed by atoms with E-state index in [1.165, 1.54) is 23.9 Å². The van der Waals surface area contributed by atoms with Gasteiger partial charge in [0.2, 0.25) is 0 Å². The van der Waals surface area contributed by atoms with E-state index < -0.39 is 18.2 Å². The van der Waals surface area contributed by atoms with Gasteiger partial charge < -0.3 is 20.4 Å². The van der Waals surface area contributed by atoms with Crippen molar-refractivity contribution in [1.82, 2.24) is 0 Å². The van der Waals surface area contributed by atoms with Gasteiger partial charge in [0.25, 0.3) is 0 Å². The van der Waals surface area contributed by atoms with Crippen molar-refractivity contribution in [1.29, 1.82) is 0 Å². The summed E-state index contributed by atoms with van der Waals surface area (Å²) in [5.74, 6) is -0.569. The highest BCUT2D eigenvalue weighted by molar-refractivity contribution is 7.99. The minimum absolute atomic E-state index is 0.0453. The van der Waals surface area contributed by atoms with Gasteiger partial charge in [-0.1, -0.05) is 24.3 Å². The van der Waals surface area contributed by atoms with Crippen LogP contribution in [0.3, 0.4) is 0 Å². The van der Waals surface area contributed by atoms with Crippen molar-refractivity contribution in [2.24, 2.45) is 0 Å². The first-order valence-corrected chi connectivity index (χ1v) is 8.50. The molecule has 2 aromatic carbocycles. The molecule has 6 heteroatoms. The predicted octanol–water partition coefficient (Wildman–Crippen LogP) is 2.45. The number of carboxylic acid groups (broad SMARTS) is 1. The largest absolute Gasteiger partial charge is 0.478 e. The van der Waals surface area contributed by atoms with E-state index in [4.69, 9.17) is 10.2 Å². The molecule has 0 heterocycles. The molecule has 5 nitrogen and oxygen atoms in total. The molecular formula is C18H20O5S. The van der Waals surface area contributed by atoms with E-state index in [1.54, 1.807) is 36.4 Å². The van der Waals surface area contributed by atoms with Crippen LogP contribution in [0.25, 0.3) is 0 Å². The molecule has 0 spiro atoms. The Morgan fingerprint density at radius 2 is 1.62 bits per heavy atom. The molecule has 4 N–H and O–H groups in total. The molecule has 0 fully saturated rings. The van der Waals surface area contributed by atoms with Crippen LogP contribution in [-0.4, -0.2) is 38.3 Å². The summed E-state index contributed by atoms with van der Waals surface area (Å²) in [5, 5.41) is 38.1. The van der Waals surface area contributed by atoms with E-state index >= 15 is 0 Å². The molecule has 0 aliphatic rings. The molecule has 2 unspecified atom stereocenters. The summed E-state index contributed by atoms with van der Waals surface area (Å²) < 4.78 is 0. The highest BCUT2D eigenvalue weighted by Crippen LogP contribution is 2.24.